The molecule has 0 bridgehead atoms. The lowest BCUT2D eigenvalue weighted by atomic mass is 10.2. The van der Waals surface area contributed by atoms with Crippen LogP contribution >= 0.6 is 0 Å². The Balaban J connectivity index is 2.24. The highest BCUT2D eigenvalue weighted by Gasteiger charge is 2.17. The number of benzene rings is 1. The zero-order valence-corrected chi connectivity index (χ0v) is 12.0. The molecule has 4 nitrogen and oxygen atoms in total. The number of morpholine rings is 1. The minimum absolute atomic E-state index is 0.216. The minimum atomic E-state index is 0.216. The molecule has 1 heterocycles. The number of anilines is 1. The predicted octanol–water partition coefficient (Wildman–Crippen LogP) is 2.71. The Bertz CT molecular complexity index is 402. The quantitative estimate of drug-likeness (QED) is 0.819. The molecule has 106 valence electrons. The molecule has 1 unspecified atom stereocenters. The molecule has 19 heavy (non-hydrogen) atoms. The molecule has 0 aliphatic carbocycles. The van der Waals surface area contributed by atoms with E-state index in [0.717, 1.165) is 49.9 Å². The molecule has 1 aromatic carbocycles. The van der Waals surface area contributed by atoms with Gasteiger partial charge >= 0.3 is 0 Å². The summed E-state index contributed by atoms with van der Waals surface area (Å²) in [5.74, 6) is 1.79. The maximum Gasteiger partial charge on any atom is 0.143 e. The third-order valence-corrected chi connectivity index (χ3v) is 3.42. The fourth-order valence-electron chi connectivity index (χ4n) is 2.08. The number of ether oxygens (including phenoxy) is 3. The molecule has 1 aliphatic rings. The molecule has 0 saturated carbocycles. The molecular weight excluding hydrogens is 242 g/mol. The smallest absolute Gasteiger partial charge is 0.143 e. The normalized spacial score (nSPS) is 17.1. The van der Waals surface area contributed by atoms with E-state index in [1.54, 1.807) is 7.11 Å². The van der Waals surface area contributed by atoms with Crippen molar-refractivity contribution in [3.8, 4) is 11.5 Å². The maximum absolute atomic E-state index is 6.01. The fourth-order valence-corrected chi connectivity index (χ4v) is 2.08. The summed E-state index contributed by atoms with van der Waals surface area (Å²) in [7, 11) is 1.69. The van der Waals surface area contributed by atoms with E-state index in [-0.39, 0.29) is 6.10 Å². The van der Waals surface area contributed by atoms with E-state index in [2.05, 4.69) is 18.7 Å². The fraction of sp³-hybridized carbons (Fsp3) is 0.600. The first-order chi connectivity index (χ1) is 9.24. The van der Waals surface area contributed by atoms with Crippen molar-refractivity contribution in [2.45, 2.75) is 26.4 Å². The molecule has 1 fully saturated rings. The van der Waals surface area contributed by atoms with E-state index in [1.165, 1.54) is 0 Å². The molecule has 0 N–H and O–H groups in total. The first kappa shape index (κ1) is 14.0. The summed E-state index contributed by atoms with van der Waals surface area (Å²) in [6.07, 6.45) is 1.21. The van der Waals surface area contributed by atoms with Crippen molar-refractivity contribution in [2.24, 2.45) is 0 Å². The second-order valence-corrected chi connectivity index (χ2v) is 4.77. The van der Waals surface area contributed by atoms with Crippen LogP contribution in [-0.2, 0) is 4.74 Å². The van der Waals surface area contributed by atoms with Crippen LogP contribution < -0.4 is 14.4 Å². The van der Waals surface area contributed by atoms with Gasteiger partial charge < -0.3 is 19.1 Å². The van der Waals surface area contributed by atoms with Gasteiger partial charge in [-0.2, -0.15) is 0 Å². The summed E-state index contributed by atoms with van der Waals surface area (Å²) in [5.41, 5.74) is 1.10. The lowest BCUT2D eigenvalue weighted by molar-refractivity contribution is 0.122. The molecular formula is C15H23NO3. The van der Waals surface area contributed by atoms with Gasteiger partial charge in [-0.3, -0.25) is 0 Å². The van der Waals surface area contributed by atoms with E-state index in [0.29, 0.717) is 0 Å². The Hall–Kier alpha value is -1.42. The van der Waals surface area contributed by atoms with E-state index in [1.807, 2.05) is 18.2 Å². The molecule has 1 atom stereocenters. The third-order valence-electron chi connectivity index (χ3n) is 3.42. The molecule has 2 rings (SSSR count). The average Bonchev–Trinajstić information content (AvgIpc) is 2.48. The molecule has 0 radical (unpaired) electrons. The summed E-state index contributed by atoms with van der Waals surface area (Å²) in [5, 5.41) is 0. The number of hydrogen-bond donors (Lipinski definition) is 0. The summed E-state index contributed by atoms with van der Waals surface area (Å²) in [6, 6.07) is 5.99. The molecule has 0 aromatic heterocycles. The zero-order chi connectivity index (χ0) is 13.7. The van der Waals surface area contributed by atoms with Gasteiger partial charge in [0.1, 0.15) is 11.5 Å². The molecule has 0 spiro atoms. The van der Waals surface area contributed by atoms with Crippen LogP contribution in [0.25, 0.3) is 0 Å². The van der Waals surface area contributed by atoms with Gasteiger partial charge in [-0.05, 0) is 25.5 Å². The molecule has 1 saturated heterocycles. The van der Waals surface area contributed by atoms with Gasteiger partial charge in [-0.1, -0.05) is 6.92 Å². The standard InChI is InChI=1S/C15H23NO3/c1-4-12(2)19-15-6-5-13(17-3)11-14(15)16-7-9-18-10-8-16/h5-6,11-12H,4,7-10H2,1-3H3. The topological polar surface area (TPSA) is 30.9 Å². The highest BCUT2D eigenvalue weighted by Crippen LogP contribution is 2.33. The van der Waals surface area contributed by atoms with E-state index in [9.17, 15) is 0 Å². The first-order valence-corrected chi connectivity index (χ1v) is 6.92. The Morgan fingerprint density at radius 1 is 1.32 bits per heavy atom. The summed E-state index contributed by atoms with van der Waals surface area (Å²) >= 11 is 0. The molecule has 4 heteroatoms. The first-order valence-electron chi connectivity index (χ1n) is 6.92. The van der Waals surface area contributed by atoms with Crippen LogP contribution in [0.4, 0.5) is 5.69 Å². The Kier molecular flexibility index (Phi) is 4.91. The van der Waals surface area contributed by atoms with Gasteiger partial charge in [0.25, 0.3) is 0 Å². The van der Waals surface area contributed by atoms with E-state index in [4.69, 9.17) is 14.2 Å². The third kappa shape index (κ3) is 3.53. The average molecular weight is 265 g/mol. The highest BCUT2D eigenvalue weighted by atomic mass is 16.5. The Morgan fingerprint density at radius 3 is 2.68 bits per heavy atom. The lowest BCUT2D eigenvalue weighted by Crippen LogP contribution is -2.36. The summed E-state index contributed by atoms with van der Waals surface area (Å²) < 4.78 is 16.7. The van der Waals surface area contributed by atoms with Crippen molar-refractivity contribution in [3.63, 3.8) is 0 Å². The molecule has 0 amide bonds. The Labute approximate surface area is 115 Å². The van der Waals surface area contributed by atoms with Crippen LogP contribution in [0.5, 0.6) is 11.5 Å². The van der Waals surface area contributed by atoms with Crippen molar-refractivity contribution < 1.29 is 14.2 Å². The molecule has 1 aromatic rings. The lowest BCUT2D eigenvalue weighted by Gasteiger charge is -2.31. The highest BCUT2D eigenvalue weighted by molar-refractivity contribution is 5.62. The van der Waals surface area contributed by atoms with Crippen molar-refractivity contribution >= 4 is 5.69 Å². The summed E-state index contributed by atoms with van der Waals surface area (Å²) in [6.45, 7) is 7.53. The summed E-state index contributed by atoms with van der Waals surface area (Å²) in [4.78, 5) is 2.30. The second-order valence-electron chi connectivity index (χ2n) is 4.77. The monoisotopic (exact) mass is 265 g/mol. The number of hydrogen-bond acceptors (Lipinski definition) is 4. The van der Waals surface area contributed by atoms with Crippen LogP contribution in [0.15, 0.2) is 18.2 Å². The maximum atomic E-state index is 6.01. The van der Waals surface area contributed by atoms with Gasteiger partial charge in [-0.15, -0.1) is 0 Å². The Morgan fingerprint density at radius 2 is 2.05 bits per heavy atom. The largest absolute Gasteiger partial charge is 0.497 e. The zero-order valence-electron chi connectivity index (χ0n) is 12.0. The van der Waals surface area contributed by atoms with Crippen molar-refractivity contribution in [1.82, 2.24) is 0 Å². The minimum Gasteiger partial charge on any atom is -0.497 e. The van der Waals surface area contributed by atoms with Gasteiger partial charge in [0, 0.05) is 19.2 Å². The van der Waals surface area contributed by atoms with Gasteiger partial charge in [0.05, 0.1) is 32.1 Å². The van der Waals surface area contributed by atoms with Crippen LogP contribution in [0.3, 0.4) is 0 Å². The van der Waals surface area contributed by atoms with Crippen molar-refractivity contribution in [3.05, 3.63) is 18.2 Å². The van der Waals surface area contributed by atoms with Crippen LogP contribution in [0, 0.1) is 0 Å². The number of methoxy groups -OCH3 is 1. The number of rotatable bonds is 5. The predicted molar refractivity (Wildman–Crippen MR) is 76.4 cm³/mol. The van der Waals surface area contributed by atoms with Crippen LogP contribution in [-0.4, -0.2) is 39.5 Å². The van der Waals surface area contributed by atoms with Crippen molar-refractivity contribution in [1.29, 1.82) is 0 Å². The van der Waals surface area contributed by atoms with Gasteiger partial charge in [0.15, 0.2) is 0 Å². The van der Waals surface area contributed by atoms with Gasteiger partial charge in [0.2, 0.25) is 0 Å². The number of nitrogens with zero attached hydrogens (tertiary/aromatic N) is 1. The SMILES string of the molecule is CCC(C)Oc1ccc(OC)cc1N1CCOCC1. The van der Waals surface area contributed by atoms with Crippen LogP contribution in [0.1, 0.15) is 20.3 Å². The van der Waals surface area contributed by atoms with E-state index >= 15 is 0 Å². The second kappa shape index (κ2) is 6.66. The van der Waals surface area contributed by atoms with E-state index < -0.39 is 0 Å². The van der Waals surface area contributed by atoms with Gasteiger partial charge in [-0.25, -0.2) is 0 Å². The molecule has 1 aliphatic heterocycles. The van der Waals surface area contributed by atoms with Crippen molar-refractivity contribution in [2.75, 3.05) is 38.3 Å². The van der Waals surface area contributed by atoms with Crippen LogP contribution in [0.2, 0.25) is 0 Å².